The van der Waals surface area contributed by atoms with E-state index in [1.165, 1.54) is 6.07 Å². The van der Waals surface area contributed by atoms with Gasteiger partial charge in [-0.25, -0.2) is 0 Å². The topological polar surface area (TPSA) is 92.4 Å². The van der Waals surface area contributed by atoms with Crippen LogP contribution in [-0.2, 0) is 11.2 Å². The van der Waals surface area contributed by atoms with Crippen LogP contribution in [0.4, 0.5) is 11.4 Å². The predicted molar refractivity (Wildman–Crippen MR) is 81.6 cm³/mol. The van der Waals surface area contributed by atoms with E-state index in [-0.39, 0.29) is 17.9 Å². The van der Waals surface area contributed by atoms with Crippen molar-refractivity contribution in [2.24, 2.45) is 0 Å². The zero-order valence-corrected chi connectivity index (χ0v) is 11.7. The zero-order valence-electron chi connectivity index (χ0n) is 11.0. The van der Waals surface area contributed by atoms with Gasteiger partial charge < -0.3 is 16.2 Å². The minimum atomic E-state index is -0.904. The SMILES string of the molecule is Nc1ccc(Cl)c(C(=O)Nc2ccc(CC(=O)O)cc2)c1. The quantitative estimate of drug-likeness (QED) is 0.757. The van der Waals surface area contributed by atoms with E-state index in [9.17, 15) is 9.59 Å². The Kier molecular flexibility index (Phi) is 4.45. The van der Waals surface area contributed by atoms with Crippen molar-refractivity contribution < 1.29 is 14.7 Å². The van der Waals surface area contributed by atoms with Gasteiger partial charge in [-0.2, -0.15) is 0 Å². The van der Waals surface area contributed by atoms with Crippen molar-refractivity contribution in [3.8, 4) is 0 Å². The number of hydrogen-bond donors (Lipinski definition) is 3. The first-order valence-electron chi connectivity index (χ1n) is 6.13. The lowest BCUT2D eigenvalue weighted by molar-refractivity contribution is -0.136. The van der Waals surface area contributed by atoms with Gasteiger partial charge >= 0.3 is 5.97 Å². The van der Waals surface area contributed by atoms with Crippen LogP contribution in [0, 0.1) is 0 Å². The van der Waals surface area contributed by atoms with Crippen molar-refractivity contribution >= 4 is 34.9 Å². The highest BCUT2D eigenvalue weighted by atomic mass is 35.5. The number of carbonyl (C=O) groups excluding carboxylic acids is 1. The maximum Gasteiger partial charge on any atom is 0.307 e. The molecule has 4 N–H and O–H groups in total. The molecule has 0 atom stereocenters. The highest BCUT2D eigenvalue weighted by Gasteiger charge is 2.11. The van der Waals surface area contributed by atoms with E-state index in [1.807, 2.05) is 0 Å². The summed E-state index contributed by atoms with van der Waals surface area (Å²) < 4.78 is 0. The average molecular weight is 305 g/mol. The van der Waals surface area contributed by atoms with E-state index in [4.69, 9.17) is 22.4 Å². The van der Waals surface area contributed by atoms with Gasteiger partial charge in [0.2, 0.25) is 0 Å². The fourth-order valence-electron chi connectivity index (χ4n) is 1.80. The normalized spacial score (nSPS) is 10.1. The van der Waals surface area contributed by atoms with Crippen LogP contribution in [-0.4, -0.2) is 17.0 Å². The molecule has 2 rings (SSSR count). The number of amides is 1. The fraction of sp³-hybridized carbons (Fsp3) is 0.0667. The second kappa shape index (κ2) is 6.28. The number of carboxylic acid groups (broad SMARTS) is 1. The summed E-state index contributed by atoms with van der Waals surface area (Å²) in [5, 5.41) is 11.7. The average Bonchev–Trinajstić information content (AvgIpc) is 2.43. The summed E-state index contributed by atoms with van der Waals surface area (Å²) in [6.45, 7) is 0. The largest absolute Gasteiger partial charge is 0.481 e. The molecule has 0 heterocycles. The van der Waals surface area contributed by atoms with Gasteiger partial charge in [-0.3, -0.25) is 9.59 Å². The summed E-state index contributed by atoms with van der Waals surface area (Å²) in [7, 11) is 0. The number of carbonyl (C=O) groups is 2. The van der Waals surface area contributed by atoms with E-state index in [1.54, 1.807) is 36.4 Å². The standard InChI is InChI=1S/C15H13ClN2O3/c16-13-6-3-10(17)8-12(13)15(21)18-11-4-1-9(2-5-11)7-14(19)20/h1-6,8H,7,17H2,(H,18,21)(H,19,20). The van der Waals surface area contributed by atoms with E-state index >= 15 is 0 Å². The number of benzene rings is 2. The maximum absolute atomic E-state index is 12.1. The summed E-state index contributed by atoms with van der Waals surface area (Å²) >= 11 is 5.96. The summed E-state index contributed by atoms with van der Waals surface area (Å²) in [4.78, 5) is 22.7. The first kappa shape index (κ1) is 14.9. The first-order valence-corrected chi connectivity index (χ1v) is 6.50. The fourth-order valence-corrected chi connectivity index (χ4v) is 2.00. The van der Waals surface area contributed by atoms with Gasteiger partial charge in [0, 0.05) is 11.4 Å². The lowest BCUT2D eigenvalue weighted by Crippen LogP contribution is -2.13. The van der Waals surface area contributed by atoms with Gasteiger partial charge in [-0.15, -0.1) is 0 Å². The molecule has 0 fully saturated rings. The number of aliphatic carboxylic acids is 1. The van der Waals surface area contributed by atoms with E-state index < -0.39 is 5.97 Å². The van der Waals surface area contributed by atoms with Gasteiger partial charge in [-0.05, 0) is 35.9 Å². The molecular weight excluding hydrogens is 292 g/mol. The van der Waals surface area contributed by atoms with Crippen molar-refractivity contribution in [2.45, 2.75) is 6.42 Å². The monoisotopic (exact) mass is 304 g/mol. The first-order chi connectivity index (χ1) is 9.95. The molecule has 0 spiro atoms. The third-order valence-corrected chi connectivity index (χ3v) is 3.13. The van der Waals surface area contributed by atoms with Crippen LogP contribution in [0.5, 0.6) is 0 Å². The number of halogens is 1. The Morgan fingerprint density at radius 1 is 1.14 bits per heavy atom. The molecule has 2 aromatic carbocycles. The van der Waals surface area contributed by atoms with Gasteiger partial charge in [0.25, 0.3) is 5.91 Å². The minimum Gasteiger partial charge on any atom is -0.481 e. The van der Waals surface area contributed by atoms with Crippen molar-refractivity contribution in [1.82, 2.24) is 0 Å². The predicted octanol–water partition coefficient (Wildman–Crippen LogP) is 2.80. The summed E-state index contributed by atoms with van der Waals surface area (Å²) in [5.41, 5.74) is 7.56. The van der Waals surface area contributed by atoms with Gasteiger partial charge in [0.1, 0.15) is 0 Å². The zero-order chi connectivity index (χ0) is 15.4. The number of rotatable bonds is 4. The van der Waals surface area contributed by atoms with Crippen LogP contribution in [0.2, 0.25) is 5.02 Å². The lowest BCUT2D eigenvalue weighted by Gasteiger charge is -2.08. The Labute approximate surface area is 126 Å². The molecule has 21 heavy (non-hydrogen) atoms. The Morgan fingerprint density at radius 3 is 2.43 bits per heavy atom. The van der Waals surface area contributed by atoms with Gasteiger partial charge in [0.05, 0.1) is 17.0 Å². The van der Waals surface area contributed by atoms with E-state index in [0.717, 1.165) is 0 Å². The van der Waals surface area contributed by atoms with E-state index in [0.29, 0.717) is 22.0 Å². The third-order valence-electron chi connectivity index (χ3n) is 2.80. The lowest BCUT2D eigenvalue weighted by atomic mass is 10.1. The molecule has 0 aliphatic carbocycles. The molecule has 0 bridgehead atoms. The molecular formula is C15H13ClN2O3. The summed E-state index contributed by atoms with van der Waals surface area (Å²) in [6.07, 6.45) is -0.0602. The van der Waals surface area contributed by atoms with Crippen LogP contribution < -0.4 is 11.1 Å². The Bertz CT molecular complexity index is 684. The van der Waals surface area contributed by atoms with Crippen LogP contribution in [0.3, 0.4) is 0 Å². The van der Waals surface area contributed by atoms with Crippen LogP contribution in [0.25, 0.3) is 0 Å². The molecule has 0 saturated carbocycles. The van der Waals surface area contributed by atoms with Crippen LogP contribution in [0.15, 0.2) is 42.5 Å². The van der Waals surface area contributed by atoms with Gasteiger partial charge in [0.15, 0.2) is 0 Å². The molecule has 0 unspecified atom stereocenters. The second-order valence-electron chi connectivity index (χ2n) is 4.46. The summed E-state index contributed by atoms with van der Waals surface area (Å²) in [6, 6.07) is 11.2. The van der Waals surface area contributed by atoms with Crippen molar-refractivity contribution in [3.05, 3.63) is 58.6 Å². The number of nitrogens with two attached hydrogens (primary N) is 1. The molecule has 5 nitrogen and oxygen atoms in total. The summed E-state index contributed by atoms with van der Waals surface area (Å²) in [5.74, 6) is -1.28. The molecule has 0 aliphatic heterocycles. The number of anilines is 2. The molecule has 2 aromatic rings. The molecule has 0 aromatic heterocycles. The van der Waals surface area contributed by atoms with Crippen molar-refractivity contribution in [3.63, 3.8) is 0 Å². The maximum atomic E-state index is 12.1. The smallest absolute Gasteiger partial charge is 0.307 e. The second-order valence-corrected chi connectivity index (χ2v) is 4.87. The molecule has 108 valence electrons. The highest BCUT2D eigenvalue weighted by molar-refractivity contribution is 6.34. The Balaban J connectivity index is 2.12. The minimum absolute atomic E-state index is 0.0602. The van der Waals surface area contributed by atoms with Gasteiger partial charge in [-0.1, -0.05) is 23.7 Å². The van der Waals surface area contributed by atoms with Crippen molar-refractivity contribution in [2.75, 3.05) is 11.1 Å². The highest BCUT2D eigenvalue weighted by Crippen LogP contribution is 2.20. The van der Waals surface area contributed by atoms with Crippen molar-refractivity contribution in [1.29, 1.82) is 0 Å². The number of nitrogen functional groups attached to an aromatic ring is 1. The molecule has 0 aliphatic rings. The molecule has 1 amide bonds. The third kappa shape index (κ3) is 3.97. The number of carboxylic acids is 1. The molecule has 0 radical (unpaired) electrons. The van der Waals surface area contributed by atoms with Crippen LogP contribution in [0.1, 0.15) is 15.9 Å². The molecule has 6 heteroatoms. The van der Waals surface area contributed by atoms with Crippen LogP contribution >= 0.6 is 11.6 Å². The Hall–Kier alpha value is -2.53. The van der Waals surface area contributed by atoms with E-state index in [2.05, 4.69) is 5.32 Å². The molecule has 0 saturated heterocycles. The number of hydrogen-bond acceptors (Lipinski definition) is 3. The number of nitrogens with one attached hydrogen (secondary N) is 1. The Morgan fingerprint density at radius 2 is 1.81 bits per heavy atom.